The van der Waals surface area contributed by atoms with Gasteiger partial charge in [0.25, 0.3) is 5.91 Å². The lowest BCUT2D eigenvalue weighted by molar-refractivity contribution is -0.933. The van der Waals surface area contributed by atoms with Crippen LogP contribution in [0.15, 0.2) is 30.3 Å². The van der Waals surface area contributed by atoms with Gasteiger partial charge >= 0.3 is 6.03 Å². The maximum absolute atomic E-state index is 12.4. The first-order valence-corrected chi connectivity index (χ1v) is 7.47. The SMILES string of the molecule is C[C@@H]1C[C@H](C)C[NH+]([C@H](C(=O)NC(N)=O)c2ccccc2)C1. The minimum absolute atomic E-state index is 0.315. The molecule has 0 bridgehead atoms. The van der Waals surface area contributed by atoms with Crippen LogP contribution in [0.2, 0.25) is 0 Å². The topological polar surface area (TPSA) is 76.6 Å². The van der Waals surface area contributed by atoms with Crippen LogP contribution >= 0.6 is 0 Å². The average Bonchev–Trinajstić information content (AvgIpc) is 2.38. The third kappa shape index (κ3) is 4.04. The van der Waals surface area contributed by atoms with Crippen LogP contribution in [0.5, 0.6) is 0 Å². The first-order valence-electron chi connectivity index (χ1n) is 7.47. The number of hydrogen-bond acceptors (Lipinski definition) is 2. The summed E-state index contributed by atoms with van der Waals surface area (Å²) in [5.74, 6) is 0.817. The summed E-state index contributed by atoms with van der Waals surface area (Å²) in [5, 5.41) is 2.25. The third-order valence-corrected chi connectivity index (χ3v) is 4.08. The number of carbonyl (C=O) groups is 2. The number of primary amides is 1. The standard InChI is InChI=1S/C16H23N3O2/c1-11-8-12(2)10-19(9-11)14(15(20)18-16(17)21)13-6-4-3-5-7-13/h3-7,11-12,14H,8-10H2,1-2H3,(H3,17,18,20,21)/p+1/t11-,12+,14-/m0/s1. The molecule has 1 aromatic rings. The Labute approximate surface area is 125 Å². The Bertz CT molecular complexity index is 494. The van der Waals surface area contributed by atoms with Crippen molar-refractivity contribution < 1.29 is 14.5 Å². The Balaban J connectivity index is 2.27. The predicted molar refractivity (Wildman–Crippen MR) is 80.6 cm³/mol. The molecule has 1 heterocycles. The molecule has 21 heavy (non-hydrogen) atoms. The lowest BCUT2D eigenvalue weighted by atomic mass is 9.89. The smallest absolute Gasteiger partial charge is 0.319 e. The molecule has 0 aliphatic carbocycles. The maximum Gasteiger partial charge on any atom is 0.319 e. The van der Waals surface area contributed by atoms with Gasteiger partial charge in [-0.15, -0.1) is 0 Å². The molecule has 5 heteroatoms. The van der Waals surface area contributed by atoms with Crippen molar-refractivity contribution in [3.05, 3.63) is 35.9 Å². The fraction of sp³-hybridized carbons (Fsp3) is 0.500. The Morgan fingerprint density at radius 3 is 2.29 bits per heavy atom. The highest BCUT2D eigenvalue weighted by atomic mass is 16.2. The highest BCUT2D eigenvalue weighted by molar-refractivity contribution is 5.96. The van der Waals surface area contributed by atoms with Crippen molar-refractivity contribution in [2.75, 3.05) is 13.1 Å². The van der Waals surface area contributed by atoms with E-state index in [1.807, 2.05) is 30.3 Å². The van der Waals surface area contributed by atoms with Gasteiger partial charge in [0.1, 0.15) is 0 Å². The van der Waals surface area contributed by atoms with Gasteiger partial charge in [0, 0.05) is 17.4 Å². The normalized spacial score (nSPS) is 26.9. The van der Waals surface area contributed by atoms with Gasteiger partial charge in [0.15, 0.2) is 6.04 Å². The van der Waals surface area contributed by atoms with Crippen molar-refractivity contribution in [3.63, 3.8) is 0 Å². The van der Waals surface area contributed by atoms with Gasteiger partial charge in [-0.2, -0.15) is 0 Å². The Morgan fingerprint density at radius 2 is 1.76 bits per heavy atom. The Morgan fingerprint density at radius 1 is 1.19 bits per heavy atom. The predicted octanol–water partition coefficient (Wildman–Crippen LogP) is 0.483. The summed E-state index contributed by atoms with van der Waals surface area (Å²) in [6.07, 6.45) is 1.18. The number of likely N-dealkylation sites (tertiary alicyclic amines) is 1. The lowest BCUT2D eigenvalue weighted by Crippen LogP contribution is -3.15. The number of imide groups is 1. The minimum Gasteiger partial charge on any atom is -0.351 e. The molecule has 1 fully saturated rings. The zero-order valence-corrected chi connectivity index (χ0v) is 12.6. The van der Waals surface area contributed by atoms with Crippen LogP contribution in [-0.2, 0) is 4.79 Å². The number of amides is 3. The number of quaternary nitrogens is 1. The van der Waals surface area contributed by atoms with Crippen LogP contribution in [0.1, 0.15) is 31.9 Å². The zero-order chi connectivity index (χ0) is 15.4. The maximum atomic E-state index is 12.4. The van der Waals surface area contributed by atoms with Gasteiger partial charge in [-0.1, -0.05) is 44.2 Å². The van der Waals surface area contributed by atoms with Crippen LogP contribution < -0.4 is 16.0 Å². The van der Waals surface area contributed by atoms with Crippen LogP contribution in [0.3, 0.4) is 0 Å². The monoisotopic (exact) mass is 290 g/mol. The van der Waals surface area contributed by atoms with Gasteiger partial charge in [-0.3, -0.25) is 10.1 Å². The number of carbonyl (C=O) groups excluding carboxylic acids is 2. The fourth-order valence-electron chi connectivity index (χ4n) is 3.48. The van der Waals surface area contributed by atoms with E-state index >= 15 is 0 Å². The first-order chi connectivity index (χ1) is 9.97. The third-order valence-electron chi connectivity index (χ3n) is 4.08. The van der Waals surface area contributed by atoms with Gasteiger partial charge in [-0.05, 0) is 6.42 Å². The van der Waals surface area contributed by atoms with E-state index in [1.165, 1.54) is 11.3 Å². The molecule has 1 aliphatic heterocycles. The van der Waals surface area contributed by atoms with E-state index in [-0.39, 0.29) is 11.9 Å². The van der Waals surface area contributed by atoms with Gasteiger partial charge in [-0.25, -0.2) is 4.79 Å². The van der Waals surface area contributed by atoms with Crippen LogP contribution in [0.25, 0.3) is 0 Å². The van der Waals surface area contributed by atoms with Gasteiger partial charge in [0.05, 0.1) is 13.1 Å². The van der Waals surface area contributed by atoms with Crippen molar-refractivity contribution in [2.45, 2.75) is 26.3 Å². The number of rotatable bonds is 3. The number of hydrogen-bond donors (Lipinski definition) is 3. The molecule has 0 radical (unpaired) electrons. The molecule has 1 aliphatic rings. The summed E-state index contributed by atoms with van der Waals surface area (Å²) in [4.78, 5) is 24.7. The minimum atomic E-state index is -0.793. The van der Waals surface area contributed by atoms with Crippen LogP contribution in [0.4, 0.5) is 4.79 Å². The van der Waals surface area contributed by atoms with Gasteiger partial charge in [0.2, 0.25) is 0 Å². The van der Waals surface area contributed by atoms with E-state index in [0.29, 0.717) is 11.8 Å². The number of nitrogens with two attached hydrogens (primary N) is 1. The van der Waals surface area contributed by atoms with E-state index in [0.717, 1.165) is 18.7 Å². The Kier molecular flexibility index (Phi) is 4.96. The highest BCUT2D eigenvalue weighted by Gasteiger charge is 2.36. The van der Waals surface area contributed by atoms with Crippen molar-refractivity contribution in [2.24, 2.45) is 17.6 Å². The quantitative estimate of drug-likeness (QED) is 0.757. The fourth-order valence-corrected chi connectivity index (χ4v) is 3.48. The van der Waals surface area contributed by atoms with Crippen LogP contribution in [0, 0.1) is 11.8 Å². The van der Waals surface area contributed by atoms with Gasteiger partial charge < -0.3 is 10.6 Å². The molecule has 3 amide bonds. The molecule has 4 atom stereocenters. The number of benzene rings is 1. The van der Waals surface area contributed by atoms with E-state index in [4.69, 9.17) is 5.73 Å². The largest absolute Gasteiger partial charge is 0.351 e. The summed E-state index contributed by atoms with van der Waals surface area (Å²) in [6.45, 7) is 6.28. The zero-order valence-electron chi connectivity index (χ0n) is 12.6. The van der Waals surface area contributed by atoms with Crippen molar-refractivity contribution >= 4 is 11.9 Å². The summed E-state index contributed by atoms with van der Waals surface area (Å²) in [7, 11) is 0. The second-order valence-corrected chi connectivity index (χ2v) is 6.21. The molecular formula is C16H24N3O2+. The second-order valence-electron chi connectivity index (χ2n) is 6.21. The molecule has 2 rings (SSSR count). The summed E-state index contributed by atoms with van der Waals surface area (Å²) < 4.78 is 0. The molecule has 0 aromatic heterocycles. The summed E-state index contributed by atoms with van der Waals surface area (Å²) in [5.41, 5.74) is 6.04. The molecule has 0 saturated carbocycles. The molecule has 1 unspecified atom stereocenters. The second kappa shape index (κ2) is 6.72. The van der Waals surface area contributed by atoms with E-state index in [2.05, 4.69) is 19.2 Å². The van der Waals surface area contributed by atoms with E-state index in [1.54, 1.807) is 0 Å². The molecule has 1 saturated heterocycles. The lowest BCUT2D eigenvalue weighted by Gasteiger charge is -2.36. The molecular weight excluding hydrogens is 266 g/mol. The first kappa shape index (κ1) is 15.5. The number of nitrogens with one attached hydrogen (secondary N) is 2. The van der Waals surface area contributed by atoms with E-state index in [9.17, 15) is 9.59 Å². The molecule has 4 N–H and O–H groups in total. The van der Waals surface area contributed by atoms with Crippen molar-refractivity contribution in [3.8, 4) is 0 Å². The summed E-state index contributed by atoms with van der Waals surface area (Å²) >= 11 is 0. The average molecular weight is 290 g/mol. The summed E-state index contributed by atoms with van der Waals surface area (Å²) in [6, 6.07) is 8.43. The van der Waals surface area contributed by atoms with Crippen LogP contribution in [-0.4, -0.2) is 25.0 Å². The number of urea groups is 1. The molecule has 114 valence electrons. The van der Waals surface area contributed by atoms with E-state index < -0.39 is 6.03 Å². The Hall–Kier alpha value is -1.88. The molecule has 5 nitrogen and oxygen atoms in total. The van der Waals surface area contributed by atoms with Crippen molar-refractivity contribution in [1.82, 2.24) is 5.32 Å². The number of piperidine rings is 1. The highest BCUT2D eigenvalue weighted by Crippen LogP contribution is 2.16. The molecule has 0 spiro atoms. The van der Waals surface area contributed by atoms with Crippen molar-refractivity contribution in [1.29, 1.82) is 0 Å². The molecule has 1 aromatic carbocycles.